The molecule has 0 radical (unpaired) electrons. The van der Waals surface area contributed by atoms with E-state index in [0.717, 1.165) is 27.1 Å². The van der Waals surface area contributed by atoms with Crippen LogP contribution in [0.1, 0.15) is 23.3 Å². The van der Waals surface area contributed by atoms with E-state index in [1.165, 1.54) is 11.3 Å². The summed E-state index contributed by atoms with van der Waals surface area (Å²) in [5, 5.41) is 0.662. The lowest BCUT2D eigenvalue weighted by Crippen LogP contribution is -2.15. The molecule has 3 rings (SSSR count). The van der Waals surface area contributed by atoms with Crippen LogP contribution in [0.5, 0.6) is 0 Å². The quantitative estimate of drug-likeness (QED) is 0.745. The number of halogens is 2. The smallest absolute Gasteiger partial charge is 0.340 e. The van der Waals surface area contributed by atoms with Crippen molar-refractivity contribution in [1.29, 1.82) is 0 Å². The molecule has 0 unspecified atom stereocenters. The van der Waals surface area contributed by atoms with Gasteiger partial charge in [0.15, 0.2) is 5.54 Å². The SMILES string of the molecule is Cc1c(C2=NC3(CC3)C(=O)O2)sc(Br)c1Cl. The number of rotatable bonds is 1. The van der Waals surface area contributed by atoms with E-state index in [-0.39, 0.29) is 5.97 Å². The minimum absolute atomic E-state index is 0.220. The van der Waals surface area contributed by atoms with Crippen molar-refractivity contribution in [3.63, 3.8) is 0 Å². The van der Waals surface area contributed by atoms with Crippen LogP contribution in [0.2, 0.25) is 5.02 Å². The molecule has 1 aromatic heterocycles. The first-order chi connectivity index (χ1) is 7.53. The van der Waals surface area contributed by atoms with Gasteiger partial charge in [-0.25, -0.2) is 9.79 Å². The molecule has 3 nitrogen and oxygen atoms in total. The van der Waals surface area contributed by atoms with Crippen LogP contribution < -0.4 is 0 Å². The monoisotopic (exact) mass is 319 g/mol. The number of hydrogen-bond donors (Lipinski definition) is 0. The van der Waals surface area contributed by atoms with E-state index < -0.39 is 5.54 Å². The number of aliphatic imine (C=N–C) groups is 1. The number of hydrogen-bond acceptors (Lipinski definition) is 4. The number of esters is 1. The van der Waals surface area contributed by atoms with Gasteiger partial charge in [-0.1, -0.05) is 11.6 Å². The van der Waals surface area contributed by atoms with Crippen LogP contribution in [-0.2, 0) is 9.53 Å². The molecule has 6 heteroatoms. The zero-order valence-corrected chi connectivity index (χ0v) is 11.5. The summed E-state index contributed by atoms with van der Waals surface area (Å²) in [6, 6.07) is 0. The van der Waals surface area contributed by atoms with Gasteiger partial charge in [0.25, 0.3) is 0 Å². The lowest BCUT2D eigenvalue weighted by atomic mass is 10.3. The Morgan fingerprint density at radius 3 is 2.69 bits per heavy atom. The number of cyclic esters (lactones) is 1. The van der Waals surface area contributed by atoms with Gasteiger partial charge in [0, 0.05) is 0 Å². The summed E-state index contributed by atoms with van der Waals surface area (Å²) in [5.41, 5.74) is 0.354. The third-order valence-electron chi connectivity index (χ3n) is 2.84. The van der Waals surface area contributed by atoms with Crippen molar-refractivity contribution in [3.8, 4) is 0 Å². The number of carbonyl (C=O) groups is 1. The molecule has 1 fully saturated rings. The number of ether oxygens (including phenoxy) is 1. The fraction of sp³-hybridized carbons (Fsp3) is 0.400. The molecule has 0 aromatic carbocycles. The zero-order valence-electron chi connectivity index (χ0n) is 8.34. The fourth-order valence-corrected chi connectivity index (χ4v) is 3.54. The normalized spacial score (nSPS) is 21.2. The minimum Gasteiger partial charge on any atom is -0.404 e. The summed E-state index contributed by atoms with van der Waals surface area (Å²) in [7, 11) is 0. The molecule has 1 aliphatic carbocycles. The molecule has 16 heavy (non-hydrogen) atoms. The Morgan fingerprint density at radius 1 is 1.56 bits per heavy atom. The molecule has 1 saturated carbocycles. The van der Waals surface area contributed by atoms with Gasteiger partial charge in [0.2, 0.25) is 5.90 Å². The van der Waals surface area contributed by atoms with E-state index in [9.17, 15) is 4.79 Å². The van der Waals surface area contributed by atoms with Crippen molar-refractivity contribution in [2.45, 2.75) is 25.3 Å². The van der Waals surface area contributed by atoms with Gasteiger partial charge in [0.05, 0.1) is 13.7 Å². The first-order valence-corrected chi connectivity index (χ1v) is 6.79. The summed E-state index contributed by atoms with van der Waals surface area (Å²) >= 11 is 10.9. The molecule has 2 aliphatic rings. The molecule has 1 aliphatic heterocycles. The maximum atomic E-state index is 11.6. The summed E-state index contributed by atoms with van der Waals surface area (Å²) in [6.07, 6.45) is 1.60. The van der Waals surface area contributed by atoms with E-state index in [1.807, 2.05) is 6.92 Å². The number of thiophene rings is 1. The van der Waals surface area contributed by atoms with E-state index in [1.54, 1.807) is 0 Å². The standard InChI is InChI=1S/C10H7BrClNO2S/c1-4-5(12)7(11)16-6(4)8-13-10(2-3-10)9(14)15-8/h2-3H2,1H3. The fourth-order valence-electron chi connectivity index (χ4n) is 1.64. The molecule has 0 saturated heterocycles. The Kier molecular flexibility index (Phi) is 2.22. The van der Waals surface area contributed by atoms with Crippen LogP contribution in [0.3, 0.4) is 0 Å². The van der Waals surface area contributed by atoms with Crippen LogP contribution in [-0.4, -0.2) is 17.4 Å². The molecular weight excluding hydrogens is 314 g/mol. The molecular formula is C10H7BrClNO2S. The summed E-state index contributed by atoms with van der Waals surface area (Å²) < 4.78 is 6.06. The Balaban J connectivity index is 2.06. The predicted molar refractivity (Wildman–Crippen MR) is 66.4 cm³/mol. The Morgan fingerprint density at radius 2 is 2.25 bits per heavy atom. The van der Waals surface area contributed by atoms with E-state index >= 15 is 0 Å². The Hall–Kier alpha value is -0.390. The summed E-state index contributed by atoms with van der Waals surface area (Å²) in [5.74, 6) is 0.208. The van der Waals surface area contributed by atoms with Crippen molar-refractivity contribution < 1.29 is 9.53 Å². The van der Waals surface area contributed by atoms with Crippen molar-refractivity contribution in [2.75, 3.05) is 0 Å². The molecule has 0 amide bonds. The maximum absolute atomic E-state index is 11.6. The van der Waals surface area contributed by atoms with E-state index in [0.29, 0.717) is 10.9 Å². The second kappa shape index (κ2) is 3.31. The van der Waals surface area contributed by atoms with Crippen molar-refractivity contribution >= 4 is 50.7 Å². The molecule has 2 heterocycles. The van der Waals surface area contributed by atoms with Gasteiger partial charge in [-0.3, -0.25) is 0 Å². The third-order valence-corrected chi connectivity index (χ3v) is 5.60. The average molecular weight is 321 g/mol. The van der Waals surface area contributed by atoms with Crippen LogP contribution in [0.25, 0.3) is 0 Å². The molecule has 1 aromatic rings. The summed E-state index contributed by atoms with van der Waals surface area (Å²) in [6.45, 7) is 1.90. The highest BCUT2D eigenvalue weighted by Gasteiger charge is 2.56. The summed E-state index contributed by atoms with van der Waals surface area (Å²) in [4.78, 5) is 16.8. The second-order valence-electron chi connectivity index (χ2n) is 3.98. The third kappa shape index (κ3) is 1.38. The maximum Gasteiger partial charge on any atom is 0.340 e. The van der Waals surface area contributed by atoms with Crippen LogP contribution in [0.15, 0.2) is 8.78 Å². The molecule has 0 atom stereocenters. The van der Waals surface area contributed by atoms with E-state index in [2.05, 4.69) is 20.9 Å². The van der Waals surface area contributed by atoms with Crippen molar-refractivity contribution in [2.24, 2.45) is 4.99 Å². The lowest BCUT2D eigenvalue weighted by molar-refractivity contribution is -0.135. The van der Waals surface area contributed by atoms with Gasteiger partial charge in [-0.05, 0) is 41.3 Å². The highest BCUT2D eigenvalue weighted by molar-refractivity contribution is 9.11. The topological polar surface area (TPSA) is 38.7 Å². The molecule has 0 N–H and O–H groups in total. The highest BCUT2D eigenvalue weighted by atomic mass is 79.9. The van der Waals surface area contributed by atoms with Crippen molar-refractivity contribution in [3.05, 3.63) is 19.2 Å². The van der Waals surface area contributed by atoms with Gasteiger partial charge in [-0.15, -0.1) is 11.3 Å². The van der Waals surface area contributed by atoms with Crippen molar-refractivity contribution in [1.82, 2.24) is 0 Å². The number of carbonyl (C=O) groups excluding carboxylic acids is 1. The van der Waals surface area contributed by atoms with Gasteiger partial charge < -0.3 is 4.74 Å². The largest absolute Gasteiger partial charge is 0.404 e. The van der Waals surface area contributed by atoms with Gasteiger partial charge in [-0.2, -0.15) is 0 Å². The molecule has 0 bridgehead atoms. The highest BCUT2D eigenvalue weighted by Crippen LogP contribution is 2.46. The van der Waals surface area contributed by atoms with Gasteiger partial charge >= 0.3 is 5.97 Å². The van der Waals surface area contributed by atoms with Crippen LogP contribution >= 0.6 is 38.9 Å². The van der Waals surface area contributed by atoms with Crippen LogP contribution in [0.4, 0.5) is 0 Å². The predicted octanol–water partition coefficient (Wildman–Crippen LogP) is 3.31. The number of nitrogens with zero attached hydrogens (tertiary/aromatic N) is 1. The van der Waals surface area contributed by atoms with Gasteiger partial charge in [0.1, 0.15) is 0 Å². The zero-order chi connectivity index (χ0) is 11.5. The minimum atomic E-state index is -0.551. The first-order valence-electron chi connectivity index (χ1n) is 4.80. The lowest BCUT2D eigenvalue weighted by Gasteiger charge is -1.97. The second-order valence-corrected chi connectivity index (χ2v) is 6.70. The first kappa shape index (κ1) is 10.7. The Labute approximate surface area is 110 Å². The van der Waals surface area contributed by atoms with E-state index in [4.69, 9.17) is 16.3 Å². The average Bonchev–Trinajstić information content (AvgIpc) is 2.89. The molecule has 84 valence electrons. The Bertz CT molecular complexity index is 533. The molecule has 1 spiro atoms. The van der Waals surface area contributed by atoms with Crippen LogP contribution in [0, 0.1) is 6.92 Å².